The van der Waals surface area contributed by atoms with Crippen LogP contribution in [0.2, 0.25) is 0 Å². The molecule has 2 N–H and O–H groups in total. The first-order valence-electron chi connectivity index (χ1n) is 6.19. The minimum absolute atomic E-state index is 0.0515. The number of benzene rings is 1. The van der Waals surface area contributed by atoms with Crippen LogP contribution in [0.1, 0.15) is 25.0 Å². The van der Waals surface area contributed by atoms with Crippen LogP contribution in [0.25, 0.3) is 5.57 Å². The Balaban J connectivity index is 2.42. The summed E-state index contributed by atoms with van der Waals surface area (Å²) in [6.45, 7) is 3.92. The van der Waals surface area contributed by atoms with Crippen molar-refractivity contribution in [3.8, 4) is 0 Å². The van der Waals surface area contributed by atoms with Gasteiger partial charge in [0.25, 0.3) is 5.91 Å². The van der Waals surface area contributed by atoms with Crippen molar-refractivity contribution in [2.75, 3.05) is 6.54 Å². The van der Waals surface area contributed by atoms with Crippen molar-refractivity contribution in [2.24, 2.45) is 5.73 Å². The number of nitrogens with two attached hydrogens (primary N) is 1. The summed E-state index contributed by atoms with van der Waals surface area (Å²) in [7, 11) is 0. The lowest BCUT2D eigenvalue weighted by molar-refractivity contribution is -0.137. The standard InChI is InChI=1S/C14H15F3N2O/c1-8(2)19-7-11(18)12(13(19)20)9-4-3-5-10(6-9)14(15,16)17/h3-6,8H,7,18H2,1-2H3. The first-order valence-corrected chi connectivity index (χ1v) is 6.19. The average Bonchev–Trinajstić information content (AvgIpc) is 2.64. The number of amides is 1. The smallest absolute Gasteiger partial charge is 0.400 e. The molecule has 0 spiro atoms. The van der Waals surface area contributed by atoms with Gasteiger partial charge in [0.1, 0.15) is 0 Å². The molecule has 1 aliphatic heterocycles. The van der Waals surface area contributed by atoms with E-state index >= 15 is 0 Å². The van der Waals surface area contributed by atoms with Gasteiger partial charge in [0.05, 0.1) is 17.7 Å². The molecule has 1 aromatic carbocycles. The third-order valence-electron chi connectivity index (χ3n) is 3.24. The zero-order chi connectivity index (χ0) is 15.1. The molecule has 1 heterocycles. The summed E-state index contributed by atoms with van der Waals surface area (Å²) in [6, 6.07) is 4.64. The van der Waals surface area contributed by atoms with Gasteiger partial charge in [-0.3, -0.25) is 4.79 Å². The summed E-state index contributed by atoms with van der Waals surface area (Å²) in [5.74, 6) is -0.322. The molecule has 0 atom stereocenters. The highest BCUT2D eigenvalue weighted by Gasteiger charge is 2.34. The van der Waals surface area contributed by atoms with E-state index in [4.69, 9.17) is 5.73 Å². The van der Waals surface area contributed by atoms with Crippen LogP contribution < -0.4 is 5.73 Å². The molecule has 0 unspecified atom stereocenters. The molecule has 20 heavy (non-hydrogen) atoms. The first kappa shape index (κ1) is 14.4. The summed E-state index contributed by atoms with van der Waals surface area (Å²) in [5.41, 5.74) is 5.73. The van der Waals surface area contributed by atoms with E-state index < -0.39 is 11.7 Å². The number of hydrogen-bond acceptors (Lipinski definition) is 2. The van der Waals surface area contributed by atoms with E-state index in [1.165, 1.54) is 17.0 Å². The molecule has 0 saturated carbocycles. The van der Waals surface area contributed by atoms with Gasteiger partial charge in [0, 0.05) is 11.7 Å². The van der Waals surface area contributed by atoms with E-state index in [2.05, 4.69) is 0 Å². The van der Waals surface area contributed by atoms with Gasteiger partial charge in [0.2, 0.25) is 0 Å². The van der Waals surface area contributed by atoms with Crippen molar-refractivity contribution in [1.82, 2.24) is 4.90 Å². The van der Waals surface area contributed by atoms with Crippen LogP contribution in [-0.2, 0) is 11.0 Å². The summed E-state index contributed by atoms with van der Waals surface area (Å²) >= 11 is 0. The first-order chi connectivity index (χ1) is 9.21. The van der Waals surface area contributed by atoms with E-state index in [0.29, 0.717) is 5.70 Å². The minimum atomic E-state index is -4.44. The lowest BCUT2D eigenvalue weighted by Crippen LogP contribution is -2.34. The van der Waals surface area contributed by atoms with E-state index in [1.807, 2.05) is 13.8 Å². The van der Waals surface area contributed by atoms with E-state index in [1.54, 1.807) is 0 Å². The van der Waals surface area contributed by atoms with Crippen LogP contribution in [-0.4, -0.2) is 23.4 Å². The van der Waals surface area contributed by atoms with Crippen molar-refractivity contribution in [2.45, 2.75) is 26.1 Å². The van der Waals surface area contributed by atoms with E-state index in [0.717, 1.165) is 12.1 Å². The Labute approximate surface area is 114 Å². The van der Waals surface area contributed by atoms with Gasteiger partial charge in [0.15, 0.2) is 0 Å². The second-order valence-corrected chi connectivity index (χ2v) is 5.01. The number of nitrogens with zero attached hydrogens (tertiary/aromatic N) is 1. The molecular formula is C14H15F3N2O. The fourth-order valence-electron chi connectivity index (χ4n) is 2.19. The Morgan fingerprint density at radius 3 is 2.45 bits per heavy atom. The van der Waals surface area contributed by atoms with Gasteiger partial charge < -0.3 is 10.6 Å². The average molecular weight is 284 g/mol. The Kier molecular flexibility index (Phi) is 3.50. The third-order valence-corrected chi connectivity index (χ3v) is 3.24. The van der Waals surface area contributed by atoms with Gasteiger partial charge in [-0.2, -0.15) is 13.2 Å². The second kappa shape index (κ2) is 4.85. The monoisotopic (exact) mass is 284 g/mol. The lowest BCUT2D eigenvalue weighted by atomic mass is 10.0. The Morgan fingerprint density at radius 2 is 1.95 bits per heavy atom. The summed E-state index contributed by atoms with van der Waals surface area (Å²) in [6.07, 6.45) is -4.44. The number of carbonyl (C=O) groups is 1. The third kappa shape index (κ3) is 2.50. The SMILES string of the molecule is CC(C)N1CC(N)=C(c2cccc(C(F)(F)F)c2)C1=O. The zero-order valence-corrected chi connectivity index (χ0v) is 11.2. The topological polar surface area (TPSA) is 46.3 Å². The molecule has 0 saturated heterocycles. The van der Waals surface area contributed by atoms with Crippen molar-refractivity contribution < 1.29 is 18.0 Å². The van der Waals surface area contributed by atoms with Gasteiger partial charge in [-0.1, -0.05) is 12.1 Å². The molecule has 3 nitrogen and oxygen atoms in total. The molecule has 0 fully saturated rings. The number of rotatable bonds is 2. The van der Waals surface area contributed by atoms with Crippen molar-refractivity contribution >= 4 is 11.5 Å². The maximum Gasteiger partial charge on any atom is 0.416 e. The largest absolute Gasteiger partial charge is 0.416 e. The number of alkyl halides is 3. The highest BCUT2D eigenvalue weighted by Crippen LogP contribution is 2.33. The van der Waals surface area contributed by atoms with Gasteiger partial charge in [-0.05, 0) is 31.5 Å². The summed E-state index contributed by atoms with van der Waals surface area (Å²) in [5, 5.41) is 0. The second-order valence-electron chi connectivity index (χ2n) is 5.01. The predicted molar refractivity (Wildman–Crippen MR) is 69.4 cm³/mol. The fourth-order valence-corrected chi connectivity index (χ4v) is 2.19. The van der Waals surface area contributed by atoms with Crippen LogP contribution in [0.15, 0.2) is 30.0 Å². The van der Waals surface area contributed by atoms with Crippen molar-refractivity contribution in [3.63, 3.8) is 0 Å². The highest BCUT2D eigenvalue weighted by atomic mass is 19.4. The molecule has 0 aliphatic carbocycles. The predicted octanol–water partition coefficient (Wildman–Crippen LogP) is 2.63. The van der Waals surface area contributed by atoms with Gasteiger partial charge in [-0.15, -0.1) is 0 Å². The van der Waals surface area contributed by atoms with Crippen LogP contribution in [0.3, 0.4) is 0 Å². The molecule has 2 rings (SSSR count). The molecule has 1 aromatic rings. The van der Waals surface area contributed by atoms with Crippen molar-refractivity contribution in [3.05, 3.63) is 41.1 Å². The number of halogens is 3. The zero-order valence-electron chi connectivity index (χ0n) is 11.2. The quantitative estimate of drug-likeness (QED) is 0.907. The van der Waals surface area contributed by atoms with Gasteiger partial charge in [-0.25, -0.2) is 0 Å². The maximum absolute atomic E-state index is 12.7. The summed E-state index contributed by atoms with van der Waals surface area (Å²) < 4.78 is 38.1. The van der Waals surface area contributed by atoms with Crippen LogP contribution in [0.4, 0.5) is 13.2 Å². The van der Waals surface area contributed by atoms with Crippen LogP contribution in [0, 0.1) is 0 Å². The molecule has 6 heteroatoms. The lowest BCUT2D eigenvalue weighted by Gasteiger charge is -2.21. The number of carbonyl (C=O) groups excluding carboxylic acids is 1. The minimum Gasteiger partial charge on any atom is -0.400 e. The highest BCUT2D eigenvalue weighted by molar-refractivity contribution is 6.22. The van der Waals surface area contributed by atoms with Gasteiger partial charge >= 0.3 is 6.18 Å². The Morgan fingerprint density at radius 1 is 1.30 bits per heavy atom. The van der Waals surface area contributed by atoms with E-state index in [-0.39, 0.29) is 29.6 Å². The normalized spacial score (nSPS) is 16.5. The van der Waals surface area contributed by atoms with Crippen LogP contribution >= 0.6 is 0 Å². The Bertz CT molecular complexity index is 576. The molecule has 1 amide bonds. The molecule has 0 bridgehead atoms. The molecular weight excluding hydrogens is 269 g/mol. The molecule has 0 aromatic heterocycles. The molecule has 1 aliphatic rings. The summed E-state index contributed by atoms with van der Waals surface area (Å²) in [4.78, 5) is 13.8. The number of hydrogen-bond donors (Lipinski definition) is 1. The molecule has 0 radical (unpaired) electrons. The fraction of sp³-hybridized carbons (Fsp3) is 0.357. The van der Waals surface area contributed by atoms with Crippen molar-refractivity contribution in [1.29, 1.82) is 0 Å². The van der Waals surface area contributed by atoms with E-state index in [9.17, 15) is 18.0 Å². The van der Waals surface area contributed by atoms with Crippen LogP contribution in [0.5, 0.6) is 0 Å². The Hall–Kier alpha value is -1.98. The maximum atomic E-state index is 12.7. The molecule has 108 valence electrons.